The van der Waals surface area contributed by atoms with E-state index < -0.39 is 0 Å². The molecule has 1 heterocycles. The minimum Gasteiger partial charge on any atom is -0.389 e. The van der Waals surface area contributed by atoms with E-state index in [-0.39, 0.29) is 0 Å². The van der Waals surface area contributed by atoms with Crippen LogP contribution in [0.3, 0.4) is 0 Å². The van der Waals surface area contributed by atoms with E-state index in [2.05, 4.69) is 17.6 Å². The molecule has 1 aliphatic heterocycles. The lowest BCUT2D eigenvalue weighted by atomic mass is 10.5. The highest BCUT2D eigenvalue weighted by Crippen LogP contribution is 2.12. The first-order valence-corrected chi connectivity index (χ1v) is 3.38. The van der Waals surface area contributed by atoms with Crippen LogP contribution < -0.4 is 5.32 Å². The molecule has 1 rings (SSSR count). The van der Waals surface area contributed by atoms with Crippen LogP contribution in [0, 0.1) is 0 Å². The molecule has 1 N–H and O–H groups in total. The molecule has 40 valence electrons. The first kappa shape index (κ1) is 5.04. The summed E-state index contributed by atoms with van der Waals surface area (Å²) in [5.74, 6) is 0. The Morgan fingerprint density at radius 1 is 1.86 bits per heavy atom. The summed E-state index contributed by atoms with van der Waals surface area (Å²) in [5.41, 5.74) is 0. The molecule has 0 amide bonds. The Hall–Kier alpha value is -0.110. The number of thioether (sulfide) groups is 1. The van der Waals surface area contributed by atoms with E-state index in [0.717, 1.165) is 11.8 Å². The molecular formula is C5H9NS. The highest BCUT2D eigenvalue weighted by atomic mass is 32.2. The van der Waals surface area contributed by atoms with E-state index in [9.17, 15) is 0 Å². The van der Waals surface area contributed by atoms with E-state index in [4.69, 9.17) is 0 Å². The van der Waals surface area contributed by atoms with Crippen molar-refractivity contribution in [2.45, 2.75) is 12.2 Å². The van der Waals surface area contributed by atoms with Gasteiger partial charge in [-0.25, -0.2) is 0 Å². The van der Waals surface area contributed by atoms with Crippen LogP contribution in [0.5, 0.6) is 0 Å². The maximum Gasteiger partial charge on any atom is 0.0261 e. The van der Waals surface area contributed by atoms with Crippen molar-refractivity contribution < 1.29 is 0 Å². The minimum atomic E-state index is 0.755. The lowest BCUT2D eigenvalue weighted by Gasteiger charge is -2.11. The van der Waals surface area contributed by atoms with Crippen LogP contribution in [0.25, 0.3) is 0 Å². The van der Waals surface area contributed by atoms with Gasteiger partial charge in [-0.2, -0.15) is 0 Å². The highest BCUT2D eigenvalue weighted by molar-refractivity contribution is 8.02. The average molecular weight is 115 g/mol. The van der Waals surface area contributed by atoms with E-state index in [1.165, 1.54) is 0 Å². The number of hydrogen-bond acceptors (Lipinski definition) is 2. The lowest BCUT2D eigenvalue weighted by molar-refractivity contribution is 0.818. The van der Waals surface area contributed by atoms with Gasteiger partial charge in [-0.05, 0) is 5.41 Å². The topological polar surface area (TPSA) is 12.0 Å². The summed E-state index contributed by atoms with van der Waals surface area (Å²) in [7, 11) is 0. The van der Waals surface area contributed by atoms with Crippen LogP contribution >= 0.6 is 11.8 Å². The summed E-state index contributed by atoms with van der Waals surface area (Å²) in [6, 6.07) is 0. The van der Waals surface area contributed by atoms with E-state index >= 15 is 0 Å². The van der Waals surface area contributed by atoms with Crippen molar-refractivity contribution in [1.82, 2.24) is 5.32 Å². The fraction of sp³-hybridized carbons (Fsp3) is 0.600. The van der Waals surface area contributed by atoms with Crippen molar-refractivity contribution in [3.8, 4) is 0 Å². The summed E-state index contributed by atoms with van der Waals surface area (Å²) in [6.45, 7) is 3.32. The van der Waals surface area contributed by atoms with Crippen LogP contribution in [0.4, 0.5) is 0 Å². The fourth-order valence-electron chi connectivity index (χ4n) is 0.504. The highest BCUT2D eigenvalue weighted by Gasteiger charge is 1.99. The van der Waals surface area contributed by atoms with E-state index in [1.807, 2.05) is 18.0 Å². The summed E-state index contributed by atoms with van der Waals surface area (Å²) in [4.78, 5) is 0. The molecule has 1 unspecified atom stereocenters. The Kier molecular flexibility index (Phi) is 1.63. The fourth-order valence-corrected chi connectivity index (χ4v) is 1.14. The molecule has 0 spiro atoms. The van der Waals surface area contributed by atoms with Gasteiger partial charge in [0.2, 0.25) is 0 Å². The van der Waals surface area contributed by atoms with Gasteiger partial charge in [-0.1, -0.05) is 6.92 Å². The predicted octanol–water partition coefficient (Wildman–Crippen LogP) is 1.18. The van der Waals surface area contributed by atoms with Crippen molar-refractivity contribution in [3.05, 3.63) is 11.6 Å². The Labute approximate surface area is 48.2 Å². The Bertz CT molecular complexity index is 80.1. The standard InChI is InChI=1S/C5H9NS/c1-5-4-6-2-3-7-5/h2-3,5-6H,4H2,1H3. The Morgan fingerprint density at radius 2 is 2.71 bits per heavy atom. The molecular weight excluding hydrogens is 106 g/mol. The summed E-state index contributed by atoms with van der Waals surface area (Å²) >= 11 is 1.87. The van der Waals surface area contributed by atoms with Crippen molar-refractivity contribution in [1.29, 1.82) is 0 Å². The quantitative estimate of drug-likeness (QED) is 0.509. The van der Waals surface area contributed by atoms with E-state index in [0.29, 0.717) is 0 Å². The SMILES string of the molecule is CC1CNC=CS1. The van der Waals surface area contributed by atoms with Gasteiger partial charge in [0.05, 0.1) is 0 Å². The molecule has 0 aromatic heterocycles. The van der Waals surface area contributed by atoms with Crippen molar-refractivity contribution in [3.63, 3.8) is 0 Å². The van der Waals surface area contributed by atoms with Crippen LogP contribution in [0.1, 0.15) is 6.92 Å². The normalized spacial score (nSPS) is 29.6. The minimum absolute atomic E-state index is 0.755. The maximum atomic E-state index is 3.13. The van der Waals surface area contributed by atoms with Gasteiger partial charge < -0.3 is 5.32 Å². The second-order valence-electron chi connectivity index (χ2n) is 1.66. The number of rotatable bonds is 0. The van der Waals surface area contributed by atoms with Gasteiger partial charge >= 0.3 is 0 Å². The van der Waals surface area contributed by atoms with Crippen molar-refractivity contribution >= 4 is 11.8 Å². The third-order valence-electron chi connectivity index (χ3n) is 0.902. The average Bonchev–Trinajstić information content (AvgIpc) is 1.69. The molecule has 7 heavy (non-hydrogen) atoms. The van der Waals surface area contributed by atoms with Gasteiger partial charge in [-0.3, -0.25) is 0 Å². The molecule has 0 aromatic carbocycles. The lowest BCUT2D eigenvalue weighted by Crippen LogP contribution is -2.19. The molecule has 1 nitrogen and oxygen atoms in total. The van der Waals surface area contributed by atoms with Crippen molar-refractivity contribution in [2.75, 3.05) is 6.54 Å². The molecule has 0 fully saturated rings. The summed E-state index contributed by atoms with van der Waals surface area (Å²) in [6.07, 6.45) is 1.99. The molecule has 2 heteroatoms. The largest absolute Gasteiger partial charge is 0.389 e. The maximum absolute atomic E-state index is 3.13. The van der Waals surface area contributed by atoms with Gasteiger partial charge in [0.25, 0.3) is 0 Å². The molecule has 0 saturated carbocycles. The summed E-state index contributed by atoms with van der Waals surface area (Å²) in [5, 5.41) is 5.98. The van der Waals surface area contributed by atoms with E-state index in [1.54, 1.807) is 0 Å². The first-order valence-electron chi connectivity index (χ1n) is 2.43. The van der Waals surface area contributed by atoms with Crippen LogP contribution in [0.2, 0.25) is 0 Å². The molecule has 0 aliphatic carbocycles. The third-order valence-corrected chi connectivity index (χ3v) is 1.83. The Morgan fingerprint density at radius 3 is 3.00 bits per heavy atom. The van der Waals surface area contributed by atoms with Crippen LogP contribution in [-0.4, -0.2) is 11.8 Å². The second kappa shape index (κ2) is 2.26. The molecule has 1 atom stereocenters. The van der Waals surface area contributed by atoms with Crippen LogP contribution in [0.15, 0.2) is 11.6 Å². The molecule has 0 aromatic rings. The van der Waals surface area contributed by atoms with Crippen LogP contribution in [-0.2, 0) is 0 Å². The monoisotopic (exact) mass is 115 g/mol. The molecule has 0 radical (unpaired) electrons. The molecule has 0 bridgehead atoms. The predicted molar refractivity (Wildman–Crippen MR) is 34.2 cm³/mol. The first-order chi connectivity index (χ1) is 3.39. The smallest absolute Gasteiger partial charge is 0.0261 e. The number of hydrogen-bond donors (Lipinski definition) is 1. The Balaban J connectivity index is 2.32. The summed E-state index contributed by atoms with van der Waals surface area (Å²) < 4.78 is 0. The zero-order chi connectivity index (χ0) is 5.11. The zero-order valence-corrected chi connectivity index (χ0v) is 5.16. The third kappa shape index (κ3) is 1.43. The zero-order valence-electron chi connectivity index (χ0n) is 4.35. The molecule has 0 saturated heterocycles. The number of nitrogens with one attached hydrogen (secondary N) is 1. The van der Waals surface area contributed by atoms with Gasteiger partial charge in [0.15, 0.2) is 0 Å². The van der Waals surface area contributed by atoms with Gasteiger partial charge in [-0.15, -0.1) is 11.8 Å². The molecule has 1 aliphatic rings. The second-order valence-corrected chi connectivity index (χ2v) is 3.01. The van der Waals surface area contributed by atoms with Crippen molar-refractivity contribution in [2.24, 2.45) is 0 Å². The van der Waals surface area contributed by atoms with Gasteiger partial charge in [0, 0.05) is 18.0 Å². The van der Waals surface area contributed by atoms with Gasteiger partial charge in [0.1, 0.15) is 0 Å².